The highest BCUT2D eigenvalue weighted by atomic mass is 16.5. The van der Waals surface area contributed by atoms with Gasteiger partial charge in [0.25, 0.3) is 0 Å². The van der Waals surface area contributed by atoms with Crippen LogP contribution in [0.3, 0.4) is 0 Å². The first-order valence-electron chi connectivity index (χ1n) is 23.1. The Morgan fingerprint density at radius 1 is 0.754 bits per heavy atom. The Morgan fingerprint density at radius 2 is 1.34 bits per heavy atom. The van der Waals surface area contributed by atoms with Gasteiger partial charge in [0.1, 0.15) is 24.0 Å². The molecule has 3 fully saturated rings. The van der Waals surface area contributed by atoms with Crippen molar-refractivity contribution >= 4 is 35.5 Å². The van der Waals surface area contributed by atoms with Crippen molar-refractivity contribution < 1.29 is 28.7 Å². The second-order valence-corrected chi connectivity index (χ2v) is 18.6. The molecule has 6 atom stereocenters. The molecule has 4 aliphatic rings. The van der Waals surface area contributed by atoms with Gasteiger partial charge >= 0.3 is 6.09 Å². The van der Waals surface area contributed by atoms with Gasteiger partial charge in [0.15, 0.2) is 0 Å². The van der Waals surface area contributed by atoms with Crippen LogP contribution < -0.4 is 10.6 Å². The fourth-order valence-electron chi connectivity index (χ4n) is 10.3. The zero-order chi connectivity index (χ0) is 46.4. The van der Waals surface area contributed by atoms with E-state index in [1.165, 1.54) is 60.3 Å². The van der Waals surface area contributed by atoms with E-state index < -0.39 is 12.1 Å². The molecule has 1 saturated carbocycles. The molecule has 3 amide bonds. The van der Waals surface area contributed by atoms with Crippen molar-refractivity contribution in [3.8, 4) is 33.6 Å². The standard InChI is InChI=1S/C43H49N7O3.C6H11NO2.C2H6O/c1-24(2)39(48-43(52)53-4)42(51)50-18-6-8-36(50)41-44-22-33(46-41)28-12-10-25-19-27(11-9-26(25)20-28)31-15-16-32(38-30-14-13-29(21-30)37(31)38)34-23-45-40(47-34)35-7-5-17-49(35)3;1-5(2)6(3-8)7-4-9;1-3-2/h9-12,15-16,19-20,22-24,29-30,35-36,39H,5-8,13-14,17-18,21H2,1-4H3,(H,44,46)(H,45,47)(H,48,52);3-6H,1-2H3,(H,7,9);1-2H3/t29?,30?,35-,36-,39?;;/m0../s1. The van der Waals surface area contributed by atoms with Crippen LogP contribution in [-0.2, 0) is 23.9 Å². The van der Waals surface area contributed by atoms with Crippen molar-refractivity contribution in [2.45, 2.75) is 109 Å². The number of alkyl carbamates (subject to hydrolysis) is 1. The van der Waals surface area contributed by atoms with Crippen molar-refractivity contribution in [3.63, 3.8) is 0 Å². The van der Waals surface area contributed by atoms with Crippen molar-refractivity contribution in [1.82, 2.24) is 40.4 Å². The van der Waals surface area contributed by atoms with E-state index in [-0.39, 0.29) is 29.8 Å². The van der Waals surface area contributed by atoms with E-state index in [2.05, 4.69) is 92.0 Å². The molecule has 14 nitrogen and oxygen atoms in total. The molecule has 5 aromatic rings. The lowest BCUT2D eigenvalue weighted by atomic mass is 9.82. The van der Waals surface area contributed by atoms with Gasteiger partial charge in [0.05, 0.1) is 49.0 Å². The van der Waals surface area contributed by atoms with Crippen molar-refractivity contribution in [2.24, 2.45) is 11.8 Å². The van der Waals surface area contributed by atoms with Crippen molar-refractivity contribution in [3.05, 3.63) is 83.7 Å². The molecule has 346 valence electrons. The topological polar surface area (TPSA) is 175 Å². The maximum Gasteiger partial charge on any atom is 0.407 e. The summed E-state index contributed by atoms with van der Waals surface area (Å²) < 4.78 is 9.04. The number of aromatic amines is 2. The number of nitrogens with zero attached hydrogens (tertiary/aromatic N) is 4. The van der Waals surface area contributed by atoms with Crippen LogP contribution in [0.25, 0.3) is 44.4 Å². The van der Waals surface area contributed by atoms with Gasteiger partial charge in [-0.1, -0.05) is 64.1 Å². The molecule has 2 aliphatic heterocycles. The third kappa shape index (κ3) is 10.0. The smallest absolute Gasteiger partial charge is 0.407 e. The van der Waals surface area contributed by atoms with Gasteiger partial charge < -0.3 is 39.8 Å². The number of nitrogens with one attached hydrogen (secondary N) is 4. The summed E-state index contributed by atoms with van der Waals surface area (Å²) >= 11 is 0. The second-order valence-electron chi connectivity index (χ2n) is 18.6. The molecule has 2 aromatic heterocycles. The normalized spacial score (nSPS) is 20.7. The molecule has 2 saturated heterocycles. The van der Waals surface area contributed by atoms with Gasteiger partial charge in [-0.05, 0) is 127 Å². The number of ether oxygens (including phenoxy) is 2. The van der Waals surface area contributed by atoms with Crippen LogP contribution >= 0.6 is 0 Å². The average molecular weight is 887 g/mol. The Bertz CT molecular complexity index is 2460. The molecule has 2 aliphatic carbocycles. The number of aromatic nitrogens is 4. The number of imidazole rings is 2. The van der Waals surface area contributed by atoms with E-state index in [0.29, 0.717) is 30.8 Å². The first-order valence-corrected chi connectivity index (χ1v) is 23.1. The first-order chi connectivity index (χ1) is 31.4. The summed E-state index contributed by atoms with van der Waals surface area (Å²) in [5.41, 5.74) is 10.2. The zero-order valence-corrected chi connectivity index (χ0v) is 39.1. The number of aldehydes is 1. The van der Waals surface area contributed by atoms with E-state index >= 15 is 0 Å². The minimum absolute atomic E-state index is 0.0808. The number of carbonyl (C=O) groups excluding carboxylic acids is 4. The number of methoxy groups -OCH3 is 2. The summed E-state index contributed by atoms with van der Waals surface area (Å²) in [6, 6.07) is 17.4. The maximum atomic E-state index is 13.6. The zero-order valence-electron chi connectivity index (χ0n) is 39.1. The van der Waals surface area contributed by atoms with E-state index in [4.69, 9.17) is 14.7 Å². The molecule has 4 N–H and O–H groups in total. The van der Waals surface area contributed by atoms with E-state index in [1.807, 2.05) is 38.8 Å². The molecule has 4 heterocycles. The predicted octanol–water partition coefficient (Wildman–Crippen LogP) is 8.68. The van der Waals surface area contributed by atoms with E-state index in [9.17, 15) is 19.2 Å². The lowest BCUT2D eigenvalue weighted by molar-refractivity contribution is -0.135. The summed E-state index contributed by atoms with van der Waals surface area (Å²) in [6.07, 6.45) is 12.5. The lowest BCUT2D eigenvalue weighted by Crippen LogP contribution is -2.51. The Balaban J connectivity index is 0.000000467. The summed E-state index contributed by atoms with van der Waals surface area (Å²) in [6.45, 7) is 9.35. The van der Waals surface area contributed by atoms with Gasteiger partial charge in [-0.15, -0.1) is 0 Å². The molecule has 0 radical (unpaired) electrons. The van der Waals surface area contributed by atoms with Crippen LogP contribution in [0.4, 0.5) is 4.79 Å². The number of benzene rings is 3. The minimum atomic E-state index is -0.662. The summed E-state index contributed by atoms with van der Waals surface area (Å²) in [5.74, 6) is 3.09. The fourth-order valence-corrected chi connectivity index (χ4v) is 10.3. The van der Waals surface area contributed by atoms with Gasteiger partial charge in [-0.2, -0.15) is 0 Å². The van der Waals surface area contributed by atoms with Crippen LogP contribution in [0.5, 0.6) is 0 Å². The van der Waals surface area contributed by atoms with Gasteiger partial charge in [-0.25, -0.2) is 14.8 Å². The Labute approximate surface area is 382 Å². The van der Waals surface area contributed by atoms with Crippen molar-refractivity contribution in [2.75, 3.05) is 41.5 Å². The van der Waals surface area contributed by atoms with Crippen LogP contribution in [0.15, 0.2) is 60.9 Å². The number of amides is 3. The largest absolute Gasteiger partial charge is 0.453 e. The fraction of sp³-hybridized carbons (Fsp3) is 0.490. The molecule has 4 unspecified atom stereocenters. The Hall–Kier alpha value is -5.86. The SMILES string of the molecule is CC(C)C(C=O)NC=O.COC.COC(=O)NC(C(=O)N1CCC[C@H]1c1ncc(-c2ccc3cc(-c4ccc(-c5cnc([C@@H]6CCCN6C)[nH]5)c5c4C4CCC5C4)ccc3c2)[nH]1)C(C)C. The number of hydrogen-bond donors (Lipinski definition) is 4. The van der Waals surface area contributed by atoms with Crippen LogP contribution in [0.1, 0.15) is 119 Å². The van der Waals surface area contributed by atoms with Crippen LogP contribution in [0.2, 0.25) is 0 Å². The highest BCUT2D eigenvalue weighted by molar-refractivity contribution is 5.92. The Kier molecular flexibility index (Phi) is 15.2. The molecular weight excluding hydrogens is 821 g/mol. The monoisotopic (exact) mass is 887 g/mol. The van der Waals surface area contributed by atoms with Crippen molar-refractivity contribution in [1.29, 1.82) is 0 Å². The van der Waals surface area contributed by atoms with Crippen LogP contribution in [0, 0.1) is 11.8 Å². The number of likely N-dealkylation sites (tertiary alicyclic amines) is 2. The molecule has 65 heavy (non-hydrogen) atoms. The number of carbonyl (C=O) groups is 4. The quantitative estimate of drug-likeness (QED) is 0.0894. The maximum absolute atomic E-state index is 13.6. The first kappa shape index (κ1) is 47.1. The molecule has 2 bridgehead atoms. The predicted molar refractivity (Wildman–Crippen MR) is 253 cm³/mol. The molecule has 3 aromatic carbocycles. The van der Waals surface area contributed by atoms with Gasteiger partial charge in [0.2, 0.25) is 12.3 Å². The third-order valence-corrected chi connectivity index (χ3v) is 13.7. The van der Waals surface area contributed by atoms with Gasteiger partial charge in [-0.3, -0.25) is 14.5 Å². The average Bonchev–Trinajstić information content (AvgIpc) is 4.17. The van der Waals surface area contributed by atoms with Crippen LogP contribution in [-0.4, -0.2) is 108 Å². The lowest BCUT2D eigenvalue weighted by Gasteiger charge is -2.30. The highest BCUT2D eigenvalue weighted by Gasteiger charge is 2.41. The second kappa shape index (κ2) is 21.0. The molecule has 14 heteroatoms. The number of fused-ring (bicyclic) bond motifs is 6. The van der Waals surface area contributed by atoms with E-state index in [1.54, 1.807) is 25.3 Å². The number of H-pyrrole nitrogens is 2. The summed E-state index contributed by atoms with van der Waals surface area (Å²) in [7, 11) is 6.77. The van der Waals surface area contributed by atoms with E-state index in [0.717, 1.165) is 60.7 Å². The highest BCUT2D eigenvalue weighted by Crippen LogP contribution is 2.58. The summed E-state index contributed by atoms with van der Waals surface area (Å²) in [4.78, 5) is 66.7. The number of rotatable bonds is 12. The molecule has 9 rings (SSSR count). The molecule has 0 spiro atoms. The number of hydrogen-bond acceptors (Lipinski definition) is 9. The molecular formula is C51H66N8O6. The minimum Gasteiger partial charge on any atom is -0.453 e. The Morgan fingerprint density at radius 3 is 1.94 bits per heavy atom. The summed E-state index contributed by atoms with van der Waals surface area (Å²) in [5, 5.41) is 7.49. The van der Waals surface area contributed by atoms with Gasteiger partial charge in [0, 0.05) is 31.9 Å². The third-order valence-electron chi connectivity index (χ3n) is 13.7.